The molecule has 0 aliphatic rings. The summed E-state index contributed by atoms with van der Waals surface area (Å²) >= 11 is 0. The minimum absolute atomic E-state index is 0.0346. The minimum atomic E-state index is -0.508. The Hall–Kier alpha value is -2.89. The van der Waals surface area contributed by atoms with Crippen molar-refractivity contribution in [2.45, 2.75) is 26.3 Å². The van der Waals surface area contributed by atoms with E-state index in [0.717, 1.165) is 11.3 Å². The van der Waals surface area contributed by atoms with Crippen LogP contribution in [0.3, 0.4) is 0 Å². The van der Waals surface area contributed by atoms with Crippen molar-refractivity contribution in [3.05, 3.63) is 58.9 Å². The molecule has 0 aliphatic heterocycles. The molecule has 1 aromatic carbocycles. The molecule has 2 rings (SSSR count). The maximum absolute atomic E-state index is 12.6. The Morgan fingerprint density at radius 1 is 1.08 bits per heavy atom. The molecule has 0 saturated carbocycles. The molecule has 2 aromatic rings. The lowest BCUT2D eigenvalue weighted by Crippen LogP contribution is -2.31. The highest BCUT2D eigenvalue weighted by atomic mass is 16.5. The fourth-order valence-electron chi connectivity index (χ4n) is 2.50. The van der Waals surface area contributed by atoms with Gasteiger partial charge in [0.05, 0.1) is 37.9 Å². The van der Waals surface area contributed by atoms with Gasteiger partial charge in [-0.15, -0.1) is 0 Å². The van der Waals surface area contributed by atoms with E-state index in [9.17, 15) is 9.59 Å². The van der Waals surface area contributed by atoms with Gasteiger partial charge in [-0.2, -0.15) is 0 Å². The van der Waals surface area contributed by atoms with E-state index in [0.29, 0.717) is 17.0 Å². The van der Waals surface area contributed by atoms with Crippen LogP contribution in [0.4, 0.5) is 0 Å². The van der Waals surface area contributed by atoms with E-state index < -0.39 is 12.0 Å². The Balaban J connectivity index is 2.25. The van der Waals surface area contributed by atoms with E-state index in [-0.39, 0.29) is 12.3 Å². The van der Waals surface area contributed by atoms with Gasteiger partial charge in [-0.25, -0.2) is 0 Å². The number of carbonyl (C=O) groups is 2. The van der Waals surface area contributed by atoms with Crippen LogP contribution >= 0.6 is 0 Å². The maximum Gasteiger partial charge on any atom is 0.307 e. The molecule has 0 unspecified atom stereocenters. The lowest BCUT2D eigenvalue weighted by molar-refractivity contribution is -0.141. The Bertz CT molecular complexity index is 757. The first-order valence-electron chi connectivity index (χ1n) is 7.90. The number of esters is 1. The molecule has 0 aliphatic carbocycles. The van der Waals surface area contributed by atoms with Gasteiger partial charge in [-0.05, 0) is 43.7 Å². The normalized spacial score (nSPS) is 11.5. The number of hydrogen-bond acceptors (Lipinski definition) is 5. The second-order valence-corrected chi connectivity index (χ2v) is 5.67. The third kappa shape index (κ3) is 4.79. The van der Waals surface area contributed by atoms with Crippen LogP contribution in [0.5, 0.6) is 5.75 Å². The number of hydrogen-bond donors (Lipinski definition) is 1. The van der Waals surface area contributed by atoms with Crippen LogP contribution < -0.4 is 10.1 Å². The van der Waals surface area contributed by atoms with Crippen LogP contribution in [0.2, 0.25) is 0 Å². The second kappa shape index (κ2) is 8.28. The van der Waals surface area contributed by atoms with Crippen LogP contribution in [0.1, 0.15) is 39.8 Å². The standard InChI is InChI=1S/C19H22N2O4/c1-12-5-10-16(13(2)20-12)19(23)21-17(11-18(22)25-4)14-6-8-15(24-3)9-7-14/h5-10,17H,11H2,1-4H3,(H,21,23)/t17-/m0/s1. The third-order valence-corrected chi connectivity index (χ3v) is 3.89. The summed E-state index contributed by atoms with van der Waals surface area (Å²) in [6.45, 7) is 3.65. The third-order valence-electron chi connectivity index (χ3n) is 3.89. The van der Waals surface area contributed by atoms with Gasteiger partial charge < -0.3 is 14.8 Å². The van der Waals surface area contributed by atoms with E-state index in [4.69, 9.17) is 9.47 Å². The van der Waals surface area contributed by atoms with E-state index >= 15 is 0 Å². The van der Waals surface area contributed by atoms with Gasteiger partial charge in [-0.1, -0.05) is 12.1 Å². The monoisotopic (exact) mass is 342 g/mol. The molecule has 0 spiro atoms. The molecule has 132 valence electrons. The maximum atomic E-state index is 12.6. The zero-order valence-corrected chi connectivity index (χ0v) is 14.8. The highest BCUT2D eigenvalue weighted by molar-refractivity contribution is 5.95. The molecule has 0 saturated heterocycles. The molecule has 6 heteroatoms. The summed E-state index contributed by atoms with van der Waals surface area (Å²) in [5.41, 5.74) is 2.76. The summed E-state index contributed by atoms with van der Waals surface area (Å²) in [4.78, 5) is 28.7. The Labute approximate surface area is 147 Å². The summed E-state index contributed by atoms with van der Waals surface area (Å²) in [6.07, 6.45) is 0.0346. The Morgan fingerprint density at radius 3 is 2.32 bits per heavy atom. The lowest BCUT2D eigenvalue weighted by Gasteiger charge is -2.19. The predicted octanol–water partition coefficient (Wildman–Crippen LogP) is 2.74. The van der Waals surface area contributed by atoms with Crippen molar-refractivity contribution in [1.82, 2.24) is 10.3 Å². The first kappa shape index (κ1) is 18.4. The number of methoxy groups -OCH3 is 2. The van der Waals surface area contributed by atoms with Gasteiger partial charge >= 0.3 is 5.97 Å². The van der Waals surface area contributed by atoms with Gasteiger partial charge in [0.2, 0.25) is 0 Å². The van der Waals surface area contributed by atoms with Crippen LogP contribution in [0.15, 0.2) is 36.4 Å². The number of rotatable bonds is 6. The van der Waals surface area contributed by atoms with E-state index in [1.165, 1.54) is 7.11 Å². The van der Waals surface area contributed by atoms with Crippen molar-refractivity contribution in [1.29, 1.82) is 0 Å². The SMILES string of the molecule is COC(=O)C[C@H](NC(=O)c1ccc(C)nc1C)c1ccc(OC)cc1. The number of pyridine rings is 1. The van der Waals surface area contributed by atoms with Gasteiger partial charge in [0.25, 0.3) is 5.91 Å². The molecule has 1 heterocycles. The van der Waals surface area contributed by atoms with Gasteiger partial charge in [0.15, 0.2) is 0 Å². The number of aromatic nitrogens is 1. The first-order chi connectivity index (χ1) is 11.9. The predicted molar refractivity (Wildman–Crippen MR) is 93.5 cm³/mol. The summed E-state index contributed by atoms with van der Waals surface area (Å²) in [5, 5.41) is 2.89. The summed E-state index contributed by atoms with van der Waals surface area (Å²) in [5.74, 6) is 0.0139. The van der Waals surface area contributed by atoms with E-state index in [2.05, 4.69) is 10.3 Å². The number of ether oxygens (including phenoxy) is 2. The molecule has 1 aromatic heterocycles. The largest absolute Gasteiger partial charge is 0.497 e. The van der Waals surface area contributed by atoms with Crippen molar-refractivity contribution < 1.29 is 19.1 Å². The van der Waals surface area contributed by atoms with Crippen LogP contribution in [-0.4, -0.2) is 31.1 Å². The highest BCUT2D eigenvalue weighted by Gasteiger charge is 2.21. The molecule has 0 bridgehead atoms. The number of nitrogens with zero attached hydrogens (tertiary/aromatic N) is 1. The smallest absolute Gasteiger partial charge is 0.307 e. The summed E-state index contributed by atoms with van der Waals surface area (Å²) in [6, 6.07) is 10.2. The fourth-order valence-corrected chi connectivity index (χ4v) is 2.50. The molecule has 1 N–H and O–H groups in total. The molecular weight excluding hydrogens is 320 g/mol. The summed E-state index contributed by atoms with van der Waals surface area (Å²) in [7, 11) is 2.90. The van der Waals surface area contributed by atoms with E-state index in [1.807, 2.05) is 19.1 Å². The average molecular weight is 342 g/mol. The molecule has 1 atom stereocenters. The number of nitrogens with one attached hydrogen (secondary N) is 1. The number of aryl methyl sites for hydroxylation is 2. The first-order valence-corrected chi connectivity index (χ1v) is 7.90. The molecule has 6 nitrogen and oxygen atoms in total. The Morgan fingerprint density at radius 2 is 1.76 bits per heavy atom. The zero-order chi connectivity index (χ0) is 18.4. The van der Waals surface area contributed by atoms with Crippen LogP contribution in [0.25, 0.3) is 0 Å². The van der Waals surface area contributed by atoms with Crippen LogP contribution in [-0.2, 0) is 9.53 Å². The number of carbonyl (C=O) groups excluding carboxylic acids is 2. The minimum Gasteiger partial charge on any atom is -0.497 e. The topological polar surface area (TPSA) is 77.5 Å². The molecule has 25 heavy (non-hydrogen) atoms. The van der Waals surface area contributed by atoms with Crippen molar-refractivity contribution in [3.8, 4) is 5.75 Å². The molecular formula is C19H22N2O4. The highest BCUT2D eigenvalue weighted by Crippen LogP contribution is 2.21. The van der Waals surface area contributed by atoms with Crippen molar-refractivity contribution in [2.75, 3.05) is 14.2 Å². The van der Waals surface area contributed by atoms with E-state index in [1.54, 1.807) is 38.3 Å². The lowest BCUT2D eigenvalue weighted by atomic mass is 10.0. The van der Waals surface area contributed by atoms with Crippen molar-refractivity contribution in [3.63, 3.8) is 0 Å². The average Bonchev–Trinajstić information content (AvgIpc) is 2.60. The molecule has 0 radical (unpaired) electrons. The van der Waals surface area contributed by atoms with Crippen LogP contribution in [0, 0.1) is 13.8 Å². The Kier molecular flexibility index (Phi) is 6.11. The summed E-state index contributed by atoms with van der Waals surface area (Å²) < 4.78 is 9.89. The van der Waals surface area contributed by atoms with Gasteiger partial charge in [-0.3, -0.25) is 14.6 Å². The number of amides is 1. The number of benzene rings is 1. The molecule has 1 amide bonds. The second-order valence-electron chi connectivity index (χ2n) is 5.67. The fraction of sp³-hybridized carbons (Fsp3) is 0.316. The zero-order valence-electron chi connectivity index (χ0n) is 14.8. The quantitative estimate of drug-likeness (QED) is 0.817. The van der Waals surface area contributed by atoms with Gasteiger partial charge in [0, 0.05) is 5.69 Å². The van der Waals surface area contributed by atoms with Crippen molar-refractivity contribution in [2.24, 2.45) is 0 Å². The van der Waals surface area contributed by atoms with Crippen molar-refractivity contribution >= 4 is 11.9 Å². The molecule has 0 fully saturated rings. The van der Waals surface area contributed by atoms with Gasteiger partial charge in [0.1, 0.15) is 5.75 Å².